The molecule has 0 atom stereocenters. The molecule has 8 bridgehead atoms. The van der Waals surface area contributed by atoms with Crippen LogP contribution in [0.25, 0.3) is 37.6 Å². The van der Waals surface area contributed by atoms with Crippen molar-refractivity contribution < 1.29 is 77.9 Å². The van der Waals surface area contributed by atoms with Gasteiger partial charge in [-0.05, 0) is 60.8 Å². The van der Waals surface area contributed by atoms with Gasteiger partial charge in [0.25, 0.3) is 0 Å². The largest absolute Gasteiger partial charge is 3.00 e. The van der Waals surface area contributed by atoms with E-state index in [0.717, 1.165) is 0 Å². The molecule has 4 aromatic carbocycles. The molecule has 2 aliphatic heterocycles. The molecule has 0 saturated carbocycles. The van der Waals surface area contributed by atoms with Gasteiger partial charge >= 0.3 is 17.1 Å². The van der Waals surface area contributed by atoms with Crippen molar-refractivity contribution in [2.24, 2.45) is 20.0 Å². The van der Waals surface area contributed by atoms with Gasteiger partial charge in [-0.1, -0.05) is 72.8 Å². The van der Waals surface area contributed by atoms with Gasteiger partial charge < -0.3 is 47.4 Å². The fourth-order valence-electron chi connectivity index (χ4n) is 9.47. The van der Waals surface area contributed by atoms with Crippen LogP contribution < -0.4 is 11.0 Å². The van der Waals surface area contributed by atoms with Gasteiger partial charge in [0.05, 0.1) is 83.6 Å². The molecule has 7 aromatic rings. The van der Waals surface area contributed by atoms with Crippen molar-refractivity contribution in [1.82, 2.24) is 15.0 Å². The Morgan fingerprint density at radius 3 is 1.19 bits per heavy atom. The van der Waals surface area contributed by atoms with Crippen LogP contribution >= 0.6 is 0 Å². The molecule has 0 unspecified atom stereocenters. The monoisotopic (exact) mass is 1150 g/mol. The van der Waals surface area contributed by atoms with E-state index in [0.29, 0.717) is 21.9 Å². The predicted molar refractivity (Wildman–Crippen MR) is 275 cm³/mol. The molecule has 27 heteroatoms. The number of nitrogens with zero attached hydrogens (tertiary/aromatic N) is 7. The summed E-state index contributed by atoms with van der Waals surface area (Å²) in [6.45, 7) is 28.4. The Balaban J connectivity index is 0.000000413. The van der Waals surface area contributed by atoms with Gasteiger partial charge in [-0.3, -0.25) is 0 Å². The van der Waals surface area contributed by atoms with E-state index in [4.69, 9.17) is 9.98 Å². The molecular weight excluding hydrogens is 1090 g/mol. The molecule has 75 heavy (non-hydrogen) atoms. The SMILES string of the molecule is CC[N+](CC)(CC)CC.CC[N+](CC)(CC)CC.O=S(=O)([O-])c1c(S(=O)(=O)[O-])c(S(=O)(=O)[O-])c2c3[nH]c(c2c1S(=O)(=O)[O-])N=c1[nH]c(c2ccccc12)=NC1=NC(=Nc2[nH]c(c4ccccc24)[N-]3)c2ccccc21.[Fe+3]. The Kier molecular flexibility index (Phi) is 17.3. The van der Waals surface area contributed by atoms with E-state index in [-0.39, 0.29) is 62.1 Å². The first-order valence-electron chi connectivity index (χ1n) is 23.7. The Morgan fingerprint density at radius 2 is 0.773 bits per heavy atom. The summed E-state index contributed by atoms with van der Waals surface area (Å²) in [6.07, 6.45) is 0. The van der Waals surface area contributed by atoms with Gasteiger partial charge in [-0.25, -0.2) is 53.6 Å². The minimum atomic E-state index is -6.59. The minimum Gasteiger partial charge on any atom is -0.744 e. The number of aromatic amines is 3. The van der Waals surface area contributed by atoms with Gasteiger partial charge in [0.2, 0.25) is 0 Å². The third kappa shape index (κ3) is 11.3. The van der Waals surface area contributed by atoms with Gasteiger partial charge in [0, 0.05) is 49.7 Å². The fraction of sp³-hybridized carbons (Fsp3) is 0.333. The second kappa shape index (κ2) is 22.1. The van der Waals surface area contributed by atoms with Crippen LogP contribution in [0, 0.1) is 0 Å². The van der Waals surface area contributed by atoms with E-state index >= 15 is 0 Å². The summed E-state index contributed by atoms with van der Waals surface area (Å²) in [5.41, 5.74) is 1.07. The fourth-order valence-corrected chi connectivity index (χ4v) is 14.3. The van der Waals surface area contributed by atoms with Crippen LogP contribution in [0.1, 0.15) is 66.5 Å². The predicted octanol–water partition coefficient (Wildman–Crippen LogP) is 6.27. The van der Waals surface area contributed by atoms with Crippen LogP contribution in [-0.4, -0.2) is 140 Å². The van der Waals surface area contributed by atoms with Crippen molar-refractivity contribution in [3.05, 3.63) is 100 Å². The minimum absolute atomic E-state index is 0. The Hall–Kier alpha value is -5.68. The summed E-state index contributed by atoms with van der Waals surface area (Å²) >= 11 is 0. The normalized spacial score (nSPS) is 13.8. The number of amidine groups is 2. The smallest absolute Gasteiger partial charge is 0.744 e. The topological polar surface area (TPSA) is 340 Å². The molecule has 1 radical (unpaired) electrons. The molecule has 0 aliphatic carbocycles. The first kappa shape index (κ1) is 58.6. The zero-order valence-electron chi connectivity index (χ0n) is 42.1. The zero-order chi connectivity index (χ0) is 54.3. The number of hydrogen-bond donors (Lipinski definition) is 3. The molecule has 3 aromatic heterocycles. The molecule has 401 valence electrons. The maximum absolute atomic E-state index is 13.0. The first-order valence-corrected chi connectivity index (χ1v) is 29.4. The summed E-state index contributed by atoms with van der Waals surface area (Å²) in [6, 6.07) is 19.7. The summed E-state index contributed by atoms with van der Waals surface area (Å²) in [5.74, 6) is -1.54. The average molecular weight is 1150 g/mol. The molecule has 3 N–H and O–H groups in total. The Bertz CT molecular complexity index is 3960. The summed E-state index contributed by atoms with van der Waals surface area (Å²) < 4.78 is 157. The number of aliphatic imine (C=N–C) groups is 2. The number of hydrogen-bond acceptors (Lipinski definition) is 16. The molecule has 5 heterocycles. The van der Waals surface area contributed by atoms with Gasteiger partial charge in [-0.15, -0.1) is 0 Å². The third-order valence-electron chi connectivity index (χ3n) is 14.3. The van der Waals surface area contributed by atoms with Crippen LogP contribution in [0.3, 0.4) is 0 Å². The summed E-state index contributed by atoms with van der Waals surface area (Å²) in [5, 5.41) is 2.89. The second-order valence-corrected chi connectivity index (χ2v) is 22.7. The number of nitrogens with one attached hydrogen (secondary N) is 3. The summed E-state index contributed by atoms with van der Waals surface area (Å²) in [4.78, 5) is 17.3. The zero-order valence-corrected chi connectivity index (χ0v) is 46.5. The van der Waals surface area contributed by atoms with Crippen LogP contribution in [0.4, 0.5) is 23.3 Å². The number of H-pyrrole nitrogens is 3. The van der Waals surface area contributed by atoms with E-state index in [1.165, 1.54) is 73.5 Å². The number of aromatic nitrogens is 3. The van der Waals surface area contributed by atoms with E-state index in [9.17, 15) is 51.9 Å². The van der Waals surface area contributed by atoms with E-state index < -0.39 is 82.5 Å². The Labute approximate surface area is 445 Å². The van der Waals surface area contributed by atoms with Crippen LogP contribution in [0.2, 0.25) is 0 Å². The van der Waals surface area contributed by atoms with Crippen LogP contribution in [0.5, 0.6) is 0 Å². The molecule has 0 fully saturated rings. The molecule has 9 rings (SSSR count). The first-order chi connectivity index (χ1) is 34.8. The molecular formula is C48H55FeN10O12S4. The van der Waals surface area contributed by atoms with Crippen molar-refractivity contribution >= 4 is 108 Å². The van der Waals surface area contributed by atoms with Crippen molar-refractivity contribution in [1.29, 1.82) is 0 Å². The van der Waals surface area contributed by atoms with E-state index in [1.807, 2.05) is 0 Å². The van der Waals surface area contributed by atoms with E-state index in [1.54, 1.807) is 60.7 Å². The number of quaternary nitrogens is 2. The van der Waals surface area contributed by atoms with Gasteiger partial charge in [-0.2, -0.15) is 0 Å². The van der Waals surface area contributed by atoms with E-state index in [2.05, 4.69) is 85.6 Å². The average Bonchev–Trinajstić information content (AvgIpc) is 4.10. The number of fused-ring (bicyclic) bond motifs is 19. The van der Waals surface area contributed by atoms with Crippen molar-refractivity contribution in [2.75, 3.05) is 52.4 Å². The van der Waals surface area contributed by atoms with Gasteiger partial charge in [0.15, 0.2) is 11.7 Å². The van der Waals surface area contributed by atoms with Crippen LogP contribution in [0.15, 0.2) is 112 Å². The maximum Gasteiger partial charge on any atom is 3.00 e. The standard InChI is InChI=1S/C32H19N8O12S4.2C8H20N.Fe/c41-53(42,43)21-19-20(22(54(44,45)46)24(56(50,51)52)23(21)55(47,48)49)32-39-30-18-12-6-4-10-16(18)28(37-30)35-26-14-8-2-1-7-13(14)25(33-26)34-27-15-9-3-5-11-17(15)29(36-27)38-31(19)40-32;2*1-5-9(6-2,7-3)8-4;/h1-12,36,40H,(H,41,42,43)(H,44,45,46)(H,47,48,49)(H,50,51,52)(H,33,34,35,37,39);2*5-8H2,1-4H3;/q-1;2*+1;+3/p-4. The number of rotatable bonds is 12. The Morgan fingerprint density at radius 1 is 0.413 bits per heavy atom. The molecule has 0 amide bonds. The van der Waals surface area contributed by atoms with Crippen molar-refractivity contribution in [3.63, 3.8) is 0 Å². The second-order valence-electron chi connectivity index (χ2n) is 17.4. The van der Waals surface area contributed by atoms with Gasteiger partial charge in [0.1, 0.15) is 51.4 Å². The van der Waals surface area contributed by atoms with Crippen molar-refractivity contribution in [2.45, 2.75) is 75.0 Å². The molecule has 0 saturated heterocycles. The third-order valence-corrected chi connectivity index (χ3v) is 18.3. The molecule has 2 aliphatic rings. The maximum atomic E-state index is 13.0. The molecule has 0 spiro atoms. The molecule has 22 nitrogen and oxygen atoms in total. The quantitative estimate of drug-likeness (QED) is 0.0692. The number of benzene rings is 4. The van der Waals surface area contributed by atoms with Crippen LogP contribution in [-0.2, 0) is 57.5 Å². The van der Waals surface area contributed by atoms with Crippen molar-refractivity contribution in [3.8, 4) is 0 Å². The summed E-state index contributed by atoms with van der Waals surface area (Å²) in [7, 11) is -26.0.